The van der Waals surface area contributed by atoms with Gasteiger partial charge in [0.2, 0.25) is 11.8 Å². The van der Waals surface area contributed by atoms with E-state index < -0.39 is 29.9 Å². The molecule has 0 aliphatic rings. The number of benzene rings is 5. The van der Waals surface area contributed by atoms with Gasteiger partial charge in [0, 0.05) is 25.6 Å². The summed E-state index contributed by atoms with van der Waals surface area (Å²) in [6.45, 7) is 14.2. The summed E-state index contributed by atoms with van der Waals surface area (Å²) in [5.41, 5.74) is 14.4. The van der Waals surface area contributed by atoms with E-state index in [2.05, 4.69) is 108 Å². The lowest BCUT2D eigenvalue weighted by Gasteiger charge is -2.31. The Morgan fingerprint density at radius 3 is 1.25 bits per heavy atom. The summed E-state index contributed by atoms with van der Waals surface area (Å²) in [6.07, 6.45) is 20.3. The zero-order valence-electron chi connectivity index (χ0n) is 60.9. The van der Waals surface area contributed by atoms with Gasteiger partial charge in [0.05, 0.1) is 77.8 Å². The fourth-order valence-corrected chi connectivity index (χ4v) is 11.7. The molecular formula is C79H108N14O6S2. The number of carbonyl (C=O) groups is 4. The highest BCUT2D eigenvalue weighted by molar-refractivity contribution is 7.98. The first-order chi connectivity index (χ1) is 48.8. The van der Waals surface area contributed by atoms with E-state index in [1.54, 1.807) is 57.1 Å². The first kappa shape index (κ1) is 81.0. The maximum atomic E-state index is 13.4. The minimum Gasteiger partial charge on any atom is -0.445 e. The summed E-state index contributed by atoms with van der Waals surface area (Å²) >= 11 is 5.63. The molecule has 4 aromatic heterocycles. The van der Waals surface area contributed by atoms with Crippen molar-refractivity contribution in [1.29, 1.82) is 0 Å². The standard InChI is InChI=1S/C24H36N4O3S.C22H25N3O2.C18H26N4OS.C15H21N3/c1-7-8-14-20(21-25-15-18(26-21)17-12-10-9-11-13-17)28(5)22(29)19(16-32-6)27-23(30)31-24(2,3)4;1-2-3-14-19(25-22(26)27-16-17-10-6-4-7-11-17)21-23-15-20(24-21)18-12-8-5-9-13-18;1-3-4-10-16(22(2)18(23)14(19)12-24)17-20-11-15(21-17)13-8-6-5-7-9-13;1-3-4-10-13(16-2)15-17-11-14(18-15)12-8-6-5-7-9-12/h9-13,15,19-20H,7-8,14,16H2,1-6H3,(H,25,26)(H,27,30);4-13,15,19H,2-3,14,16H2,1H3,(H,23,24)(H,25,26);5-9,11,14,16,24H,3-4,10,12,19H2,1-2H3,(H,20,21);5-9,11,13,16H,3-4,10H2,1-2H3,(H,17,18)/t19-,20-;19-;14-,16-;13-/m0000/s1. The van der Waals surface area contributed by atoms with E-state index in [9.17, 15) is 19.2 Å². The molecule has 0 saturated heterocycles. The SMILES string of the molecule is CCCC[C@@H](c1ncc(-c2ccccc2)[nH]1)N(C)C(=O)[C@@H](N)CS.CCCC[C@@H](c1ncc(-c2ccccc2)[nH]1)N(C)C(=O)[C@H](CSC)NC(=O)OC(C)(C)C.CCCC[C@H](NC(=O)OCc1ccccc1)c1ncc(-c2ccccc2)[nH]1.CCCC[C@H](NC)c1ncc(-c2ccccc2)[nH]1. The van der Waals surface area contributed by atoms with Crippen molar-refractivity contribution in [2.45, 2.75) is 174 Å². The number of aromatic amines is 4. The molecule has 0 radical (unpaired) electrons. The summed E-state index contributed by atoms with van der Waals surface area (Å²) in [4.78, 5) is 85.4. The first-order valence-corrected chi connectivity index (χ1v) is 37.3. The minimum atomic E-state index is -0.683. The molecule has 0 spiro atoms. The summed E-state index contributed by atoms with van der Waals surface area (Å²) in [5.74, 6) is 3.84. The number of hydrogen-bond acceptors (Lipinski definition) is 14. The zero-order chi connectivity index (χ0) is 72.9. The summed E-state index contributed by atoms with van der Waals surface area (Å²) in [6, 6.07) is 48.5. The number of nitrogens with one attached hydrogen (secondary N) is 7. The molecule has 0 bridgehead atoms. The molecule has 0 aliphatic heterocycles. The van der Waals surface area contributed by atoms with Gasteiger partial charge in [-0.1, -0.05) is 231 Å². The van der Waals surface area contributed by atoms with Crippen LogP contribution in [0, 0.1) is 0 Å². The molecule has 20 nitrogen and oxygen atoms in total. The summed E-state index contributed by atoms with van der Waals surface area (Å²) < 4.78 is 10.7. The van der Waals surface area contributed by atoms with Crippen LogP contribution in [-0.2, 0) is 25.7 Å². The van der Waals surface area contributed by atoms with Crippen molar-refractivity contribution in [3.05, 3.63) is 205 Å². The molecule has 101 heavy (non-hydrogen) atoms. The van der Waals surface area contributed by atoms with Crippen molar-refractivity contribution in [1.82, 2.24) is 65.6 Å². The van der Waals surface area contributed by atoms with Gasteiger partial charge in [-0.05, 0) is 87.6 Å². The highest BCUT2D eigenvalue weighted by Crippen LogP contribution is 2.30. The number of nitrogens with zero attached hydrogens (tertiary/aromatic N) is 6. The number of rotatable bonds is 32. The van der Waals surface area contributed by atoms with Crippen LogP contribution < -0.4 is 21.7 Å². The number of imidazole rings is 4. The van der Waals surface area contributed by atoms with Crippen molar-refractivity contribution in [3.63, 3.8) is 0 Å². The Morgan fingerprint density at radius 1 is 0.515 bits per heavy atom. The van der Waals surface area contributed by atoms with Crippen LogP contribution in [0.2, 0.25) is 0 Å². The Labute approximate surface area is 608 Å². The van der Waals surface area contributed by atoms with E-state index in [1.165, 1.54) is 30.2 Å². The normalized spacial score (nSPS) is 12.8. The second-order valence-electron chi connectivity index (χ2n) is 25.7. The van der Waals surface area contributed by atoms with Gasteiger partial charge >= 0.3 is 12.2 Å². The molecule has 9 N–H and O–H groups in total. The van der Waals surface area contributed by atoms with Crippen LogP contribution in [0.15, 0.2) is 176 Å². The smallest absolute Gasteiger partial charge is 0.408 e. The molecule has 9 aromatic rings. The van der Waals surface area contributed by atoms with E-state index in [-0.39, 0.29) is 36.5 Å². The Balaban J connectivity index is 0.000000216. The predicted octanol–water partition coefficient (Wildman–Crippen LogP) is 16.8. The Bertz CT molecular complexity index is 3770. The topological polar surface area (TPSA) is 270 Å². The second kappa shape index (κ2) is 43.6. The molecule has 22 heteroatoms. The number of nitrogens with two attached hydrogens (primary N) is 1. The van der Waals surface area contributed by atoms with Gasteiger partial charge in [-0.15, -0.1) is 0 Å². The molecule has 0 fully saturated rings. The number of amides is 4. The van der Waals surface area contributed by atoms with Gasteiger partial charge < -0.3 is 60.9 Å². The van der Waals surface area contributed by atoms with E-state index in [0.717, 1.165) is 133 Å². The fourth-order valence-electron chi connectivity index (χ4n) is 11.0. The van der Waals surface area contributed by atoms with Gasteiger partial charge in [-0.2, -0.15) is 24.4 Å². The summed E-state index contributed by atoms with van der Waals surface area (Å²) in [5, 5.41) is 9.02. The van der Waals surface area contributed by atoms with Crippen LogP contribution >= 0.6 is 24.4 Å². The van der Waals surface area contributed by atoms with Gasteiger partial charge in [-0.25, -0.2) is 29.5 Å². The van der Waals surface area contributed by atoms with Crippen LogP contribution in [0.4, 0.5) is 9.59 Å². The number of carbonyl (C=O) groups excluding carboxylic acids is 4. The second-order valence-corrected chi connectivity index (χ2v) is 27.0. The number of likely N-dealkylation sites (N-methyl/N-ethyl adjacent to an activating group) is 2. The minimum absolute atomic E-state index is 0.108. The monoisotopic (exact) mass is 1410 g/mol. The lowest BCUT2D eigenvalue weighted by molar-refractivity contribution is -0.134. The maximum absolute atomic E-state index is 13.4. The Morgan fingerprint density at radius 2 is 0.871 bits per heavy atom. The molecule has 4 amide bonds. The number of unbranched alkanes of at least 4 members (excludes halogenated alkanes) is 4. The molecule has 5 aromatic carbocycles. The van der Waals surface area contributed by atoms with Crippen LogP contribution in [0.1, 0.15) is 179 Å². The Kier molecular flexibility index (Phi) is 35.0. The largest absolute Gasteiger partial charge is 0.445 e. The third kappa shape index (κ3) is 26.8. The average molecular weight is 1410 g/mol. The highest BCUT2D eigenvalue weighted by Gasteiger charge is 2.32. The fraction of sp³-hybridized carbons (Fsp3) is 0.418. The van der Waals surface area contributed by atoms with Gasteiger partial charge in [0.25, 0.3) is 0 Å². The molecule has 6 atom stereocenters. The summed E-state index contributed by atoms with van der Waals surface area (Å²) in [7, 11) is 5.55. The van der Waals surface area contributed by atoms with Gasteiger partial charge in [0.1, 0.15) is 41.5 Å². The lowest BCUT2D eigenvalue weighted by Crippen LogP contribution is -2.50. The number of ether oxygens (including phenoxy) is 2. The van der Waals surface area contributed by atoms with Crippen molar-refractivity contribution >= 4 is 48.4 Å². The maximum Gasteiger partial charge on any atom is 0.408 e. The van der Waals surface area contributed by atoms with Gasteiger partial charge in [0.15, 0.2) is 0 Å². The average Bonchev–Trinajstić information content (AvgIpc) is 1.76. The van der Waals surface area contributed by atoms with E-state index >= 15 is 0 Å². The molecule has 0 unspecified atom stereocenters. The van der Waals surface area contributed by atoms with E-state index in [1.807, 2.05) is 165 Å². The molecule has 4 heterocycles. The molecule has 0 saturated carbocycles. The van der Waals surface area contributed by atoms with Crippen LogP contribution in [0.25, 0.3) is 45.0 Å². The predicted molar refractivity (Wildman–Crippen MR) is 413 cm³/mol. The van der Waals surface area contributed by atoms with E-state index in [4.69, 9.17) is 15.2 Å². The van der Waals surface area contributed by atoms with E-state index in [0.29, 0.717) is 17.5 Å². The number of alkyl carbamates (subject to hydrolysis) is 2. The molecule has 0 aliphatic carbocycles. The molecular weight excluding hydrogens is 1310 g/mol. The Hall–Kier alpha value is -8.96. The number of H-pyrrole nitrogens is 4. The van der Waals surface area contributed by atoms with Gasteiger partial charge in [-0.3, -0.25) is 9.59 Å². The molecule has 542 valence electrons. The van der Waals surface area contributed by atoms with Crippen LogP contribution in [0.5, 0.6) is 0 Å². The quantitative estimate of drug-likeness (QED) is 0.0178. The number of thioether (sulfide) groups is 1. The van der Waals surface area contributed by atoms with Crippen molar-refractivity contribution < 1.29 is 28.7 Å². The first-order valence-electron chi connectivity index (χ1n) is 35.3. The lowest BCUT2D eigenvalue weighted by atomic mass is 10.1. The highest BCUT2D eigenvalue weighted by atomic mass is 32.2. The third-order valence-corrected chi connectivity index (χ3v) is 17.7. The molecule has 9 rings (SSSR count). The van der Waals surface area contributed by atoms with Crippen molar-refractivity contribution in [2.24, 2.45) is 5.73 Å². The number of aromatic nitrogens is 8. The number of hydrogen-bond donors (Lipinski definition) is 9. The van der Waals surface area contributed by atoms with Crippen LogP contribution in [-0.4, -0.2) is 130 Å². The third-order valence-electron chi connectivity index (χ3n) is 16.7. The van der Waals surface area contributed by atoms with Crippen LogP contribution in [0.3, 0.4) is 0 Å². The number of thiol groups is 1. The van der Waals surface area contributed by atoms with Crippen molar-refractivity contribution in [3.8, 4) is 45.0 Å². The van der Waals surface area contributed by atoms with Crippen molar-refractivity contribution in [2.75, 3.05) is 38.9 Å². The zero-order valence-corrected chi connectivity index (χ0v) is 62.6.